The van der Waals surface area contributed by atoms with Gasteiger partial charge in [0.25, 0.3) is 5.91 Å². The maximum Gasteiger partial charge on any atom is 0.257 e. The number of benzene rings is 1. The Labute approximate surface area is 170 Å². The van der Waals surface area contributed by atoms with Gasteiger partial charge in [-0.05, 0) is 38.1 Å². The Morgan fingerprint density at radius 2 is 1.83 bits per heavy atom. The Balaban J connectivity index is 1.31. The van der Waals surface area contributed by atoms with E-state index in [1.807, 2.05) is 50.2 Å². The molecule has 2 aromatic heterocycles. The van der Waals surface area contributed by atoms with Crippen molar-refractivity contribution in [2.24, 2.45) is 0 Å². The molecule has 29 heavy (non-hydrogen) atoms. The summed E-state index contributed by atoms with van der Waals surface area (Å²) in [6.45, 7) is 8.28. The molecule has 2 N–H and O–H groups in total. The average Bonchev–Trinajstić information content (AvgIpc) is 3.15. The van der Waals surface area contributed by atoms with E-state index in [1.165, 1.54) is 0 Å². The molecule has 1 aliphatic heterocycles. The van der Waals surface area contributed by atoms with Crippen molar-refractivity contribution in [2.45, 2.75) is 20.4 Å². The first-order valence-corrected chi connectivity index (χ1v) is 9.76. The highest BCUT2D eigenvalue weighted by molar-refractivity contribution is 6.04. The number of amides is 1. The number of aromatic amines is 1. The number of nitrogens with one attached hydrogen (secondary N) is 2. The molecule has 4 rings (SSSR count). The summed E-state index contributed by atoms with van der Waals surface area (Å²) in [7, 11) is 0. The highest BCUT2D eigenvalue weighted by Crippen LogP contribution is 2.16. The quantitative estimate of drug-likeness (QED) is 0.694. The number of hydrogen-bond donors (Lipinski definition) is 2. The summed E-state index contributed by atoms with van der Waals surface area (Å²) in [5.41, 5.74) is 2.49. The van der Waals surface area contributed by atoms with Gasteiger partial charge in [0.15, 0.2) is 5.82 Å². The van der Waals surface area contributed by atoms with Gasteiger partial charge >= 0.3 is 0 Å². The van der Waals surface area contributed by atoms with Crippen LogP contribution in [0.25, 0.3) is 0 Å². The fourth-order valence-corrected chi connectivity index (χ4v) is 3.34. The summed E-state index contributed by atoms with van der Waals surface area (Å²) in [5.74, 6) is 2.41. The van der Waals surface area contributed by atoms with Crippen molar-refractivity contribution in [1.82, 2.24) is 25.1 Å². The number of piperazine rings is 1. The van der Waals surface area contributed by atoms with Crippen LogP contribution >= 0.6 is 0 Å². The van der Waals surface area contributed by atoms with Crippen LogP contribution in [-0.2, 0) is 6.54 Å². The fourth-order valence-electron chi connectivity index (χ4n) is 3.34. The monoisotopic (exact) mass is 391 g/mol. The van der Waals surface area contributed by atoms with E-state index < -0.39 is 0 Å². The van der Waals surface area contributed by atoms with Gasteiger partial charge in [-0.15, -0.1) is 0 Å². The van der Waals surface area contributed by atoms with Crippen LogP contribution in [0.1, 0.15) is 27.6 Å². The Morgan fingerprint density at radius 3 is 2.45 bits per heavy atom. The summed E-state index contributed by atoms with van der Waals surface area (Å²) in [6, 6.07) is 11.5. The van der Waals surface area contributed by atoms with Crippen molar-refractivity contribution < 1.29 is 4.79 Å². The van der Waals surface area contributed by atoms with E-state index in [0.717, 1.165) is 61.4 Å². The third-order valence-corrected chi connectivity index (χ3v) is 5.02. The van der Waals surface area contributed by atoms with Crippen molar-refractivity contribution in [3.63, 3.8) is 0 Å². The van der Waals surface area contributed by atoms with Crippen LogP contribution in [0, 0.1) is 13.8 Å². The second kappa shape index (κ2) is 8.40. The largest absolute Gasteiger partial charge is 0.354 e. The number of rotatable bonds is 5. The molecule has 0 bridgehead atoms. The molecule has 0 spiro atoms. The number of carbonyl (C=O) groups excluding carboxylic acids is 1. The summed E-state index contributed by atoms with van der Waals surface area (Å²) in [6.07, 6.45) is 1.64. The summed E-state index contributed by atoms with van der Waals surface area (Å²) < 4.78 is 0. The molecule has 0 radical (unpaired) electrons. The fraction of sp³-hybridized carbons (Fsp3) is 0.333. The average molecular weight is 391 g/mol. The molecule has 3 heterocycles. The van der Waals surface area contributed by atoms with Gasteiger partial charge in [0.2, 0.25) is 0 Å². The molecule has 0 saturated carbocycles. The van der Waals surface area contributed by atoms with Crippen molar-refractivity contribution in [3.05, 3.63) is 65.4 Å². The van der Waals surface area contributed by atoms with Gasteiger partial charge in [-0.2, -0.15) is 5.10 Å². The van der Waals surface area contributed by atoms with Crippen LogP contribution in [0.5, 0.6) is 0 Å². The maximum absolute atomic E-state index is 12.4. The van der Waals surface area contributed by atoms with Crippen molar-refractivity contribution >= 4 is 17.4 Å². The molecule has 1 fully saturated rings. The number of aryl methyl sites for hydroxylation is 2. The lowest BCUT2D eigenvalue weighted by Crippen LogP contribution is -2.46. The Bertz CT molecular complexity index is 957. The third kappa shape index (κ3) is 4.78. The minimum atomic E-state index is -0.153. The Hall–Kier alpha value is -3.26. The molecule has 0 unspecified atom stereocenters. The Morgan fingerprint density at radius 1 is 1.07 bits per heavy atom. The van der Waals surface area contributed by atoms with Gasteiger partial charge in [-0.1, -0.05) is 17.7 Å². The minimum absolute atomic E-state index is 0.153. The molecule has 1 aromatic carbocycles. The standard InChI is InChI=1S/C21H25N7O/c1-15-3-6-18(7-4-15)24-21(29)17-5-8-20(22-13-17)28-11-9-27(10-12-28)14-19-23-16(2)25-26-19/h3-8,13H,9-12,14H2,1-2H3,(H,24,29)(H,23,25,26). The van der Waals surface area contributed by atoms with Crippen LogP contribution in [-0.4, -0.2) is 57.2 Å². The van der Waals surface area contributed by atoms with Crippen LogP contribution in [0.2, 0.25) is 0 Å². The molecule has 8 nitrogen and oxygen atoms in total. The highest BCUT2D eigenvalue weighted by Gasteiger charge is 2.19. The summed E-state index contributed by atoms with van der Waals surface area (Å²) in [5, 5.41) is 9.99. The molecule has 150 valence electrons. The van der Waals surface area contributed by atoms with Crippen molar-refractivity contribution in [1.29, 1.82) is 0 Å². The normalized spacial score (nSPS) is 14.8. The second-order valence-electron chi connectivity index (χ2n) is 7.33. The predicted octanol–water partition coefficient (Wildman–Crippen LogP) is 2.39. The topological polar surface area (TPSA) is 90.0 Å². The van der Waals surface area contributed by atoms with Crippen molar-refractivity contribution in [3.8, 4) is 0 Å². The van der Waals surface area contributed by atoms with Crippen molar-refractivity contribution in [2.75, 3.05) is 36.4 Å². The van der Waals surface area contributed by atoms with Gasteiger partial charge in [0, 0.05) is 38.1 Å². The van der Waals surface area contributed by atoms with E-state index in [2.05, 4.69) is 35.3 Å². The van der Waals surface area contributed by atoms with E-state index in [-0.39, 0.29) is 5.91 Å². The number of aromatic nitrogens is 4. The zero-order valence-corrected chi connectivity index (χ0v) is 16.7. The number of nitrogens with zero attached hydrogens (tertiary/aromatic N) is 5. The van der Waals surface area contributed by atoms with E-state index in [1.54, 1.807) is 6.20 Å². The molecule has 3 aromatic rings. The van der Waals surface area contributed by atoms with Crippen LogP contribution in [0.4, 0.5) is 11.5 Å². The number of pyridine rings is 1. The number of hydrogen-bond acceptors (Lipinski definition) is 6. The number of anilines is 2. The molecule has 0 aliphatic carbocycles. The summed E-state index contributed by atoms with van der Waals surface area (Å²) in [4.78, 5) is 25.9. The van der Waals surface area contributed by atoms with Crippen LogP contribution < -0.4 is 10.2 Å². The van der Waals surface area contributed by atoms with E-state index in [9.17, 15) is 4.79 Å². The lowest BCUT2D eigenvalue weighted by atomic mass is 10.2. The van der Waals surface area contributed by atoms with Crippen LogP contribution in [0.3, 0.4) is 0 Å². The zero-order chi connectivity index (χ0) is 20.2. The van der Waals surface area contributed by atoms with E-state index in [0.29, 0.717) is 5.56 Å². The first kappa shape index (κ1) is 19.1. The maximum atomic E-state index is 12.4. The second-order valence-corrected chi connectivity index (χ2v) is 7.33. The van der Waals surface area contributed by atoms with Gasteiger partial charge < -0.3 is 10.2 Å². The molecule has 1 aliphatic rings. The Kier molecular flexibility index (Phi) is 5.53. The van der Waals surface area contributed by atoms with Gasteiger partial charge in [-0.3, -0.25) is 14.8 Å². The smallest absolute Gasteiger partial charge is 0.257 e. The zero-order valence-electron chi connectivity index (χ0n) is 16.7. The first-order chi connectivity index (χ1) is 14.1. The number of carbonyl (C=O) groups is 1. The molecule has 1 saturated heterocycles. The third-order valence-electron chi connectivity index (χ3n) is 5.02. The SMILES string of the molecule is Cc1ccc(NC(=O)c2ccc(N3CCN(Cc4n[nH]c(C)n4)CC3)nc2)cc1. The van der Waals surface area contributed by atoms with Crippen LogP contribution in [0.15, 0.2) is 42.6 Å². The highest BCUT2D eigenvalue weighted by atomic mass is 16.1. The lowest BCUT2D eigenvalue weighted by molar-refractivity contribution is 0.102. The van der Waals surface area contributed by atoms with Gasteiger partial charge in [0.05, 0.1) is 12.1 Å². The molecular weight excluding hydrogens is 366 g/mol. The van der Waals surface area contributed by atoms with Gasteiger partial charge in [-0.25, -0.2) is 9.97 Å². The minimum Gasteiger partial charge on any atom is -0.354 e. The summed E-state index contributed by atoms with van der Waals surface area (Å²) >= 11 is 0. The van der Waals surface area contributed by atoms with Gasteiger partial charge in [0.1, 0.15) is 11.6 Å². The molecule has 1 amide bonds. The molecular formula is C21H25N7O. The first-order valence-electron chi connectivity index (χ1n) is 9.76. The number of H-pyrrole nitrogens is 1. The molecule has 8 heteroatoms. The lowest BCUT2D eigenvalue weighted by Gasteiger charge is -2.34. The predicted molar refractivity (Wildman–Crippen MR) is 112 cm³/mol. The molecule has 0 atom stereocenters. The van der Waals surface area contributed by atoms with E-state index >= 15 is 0 Å². The van der Waals surface area contributed by atoms with E-state index in [4.69, 9.17) is 0 Å².